The van der Waals surface area contributed by atoms with Gasteiger partial charge in [-0.1, -0.05) is 35.9 Å². The van der Waals surface area contributed by atoms with Gasteiger partial charge in [0.2, 0.25) is 23.6 Å². The van der Waals surface area contributed by atoms with Crippen LogP contribution in [-0.2, 0) is 36.9 Å². The number of hydrogen-bond donors (Lipinski definition) is 3. The maximum Gasteiger partial charge on any atom is 0.404 e. The van der Waals surface area contributed by atoms with Gasteiger partial charge in [0, 0.05) is 56.0 Å². The Bertz CT molecular complexity index is 1360. The molecule has 2 aromatic rings. The zero-order valence-electron chi connectivity index (χ0n) is 24.3. The molecule has 0 radical (unpaired) electrons. The number of primary amides is 1. The Morgan fingerprint density at radius 1 is 1.00 bits per heavy atom. The van der Waals surface area contributed by atoms with Crippen LogP contribution in [0.3, 0.4) is 0 Å². The van der Waals surface area contributed by atoms with Crippen molar-refractivity contribution in [2.75, 3.05) is 25.0 Å². The maximum atomic E-state index is 13.8. The lowest BCUT2D eigenvalue weighted by Crippen LogP contribution is -2.56. The summed E-state index contributed by atoms with van der Waals surface area (Å²) in [4.78, 5) is 67.7. The molecule has 0 unspecified atom stereocenters. The number of rotatable bonds is 10. The van der Waals surface area contributed by atoms with Crippen LogP contribution in [0.1, 0.15) is 55.2 Å². The van der Waals surface area contributed by atoms with Gasteiger partial charge in [-0.25, -0.2) is 4.79 Å². The van der Waals surface area contributed by atoms with Crippen molar-refractivity contribution in [2.45, 2.75) is 70.5 Å². The minimum atomic E-state index is -1.10. The highest BCUT2D eigenvalue weighted by Crippen LogP contribution is 2.25. The average Bonchev–Trinajstić information content (AvgIpc) is 3.00. The van der Waals surface area contributed by atoms with Gasteiger partial charge in [-0.2, -0.15) is 0 Å². The molecule has 0 bridgehead atoms. The van der Waals surface area contributed by atoms with Crippen LogP contribution in [0.5, 0.6) is 0 Å². The smallest absolute Gasteiger partial charge is 0.404 e. The standard InChI is InChI=1S/C31H38ClN5O6/c1-20-17-23(9-10-24(20)32)34-29(40)25(13-16-43-31(33)42)35-30(41)26-18-21-7-3-4-8-22(21)19-37(26)28(39)12-11-27(38)36-14-5-2-6-15-36/h3-4,7-10,17,25-26H,2,5-6,11-16,18-19H2,1H3,(H2,33,42)(H,34,40)(H,35,41)/t25-,26-/m0/s1. The summed E-state index contributed by atoms with van der Waals surface area (Å²) in [6.07, 6.45) is 2.27. The van der Waals surface area contributed by atoms with Crippen molar-refractivity contribution in [2.24, 2.45) is 5.73 Å². The molecule has 11 nitrogen and oxygen atoms in total. The van der Waals surface area contributed by atoms with Crippen molar-refractivity contribution in [1.29, 1.82) is 0 Å². The minimum Gasteiger partial charge on any atom is -0.450 e. The summed E-state index contributed by atoms with van der Waals surface area (Å²) in [6.45, 7) is 3.20. The van der Waals surface area contributed by atoms with Crippen molar-refractivity contribution in [1.82, 2.24) is 15.1 Å². The number of anilines is 1. The van der Waals surface area contributed by atoms with Crippen LogP contribution in [0.25, 0.3) is 0 Å². The summed E-state index contributed by atoms with van der Waals surface area (Å²) in [5.41, 5.74) is 8.16. The third-order valence-corrected chi connectivity index (χ3v) is 8.27. The molecule has 4 rings (SSSR count). The zero-order chi connectivity index (χ0) is 30.9. The van der Waals surface area contributed by atoms with Crippen LogP contribution < -0.4 is 16.4 Å². The fourth-order valence-corrected chi connectivity index (χ4v) is 5.56. The SMILES string of the molecule is Cc1cc(NC(=O)[C@H](CCOC(N)=O)NC(=O)[C@@H]2Cc3ccccc3CN2C(=O)CCC(=O)N2CCCCC2)ccc1Cl. The van der Waals surface area contributed by atoms with Gasteiger partial charge in [0.15, 0.2) is 0 Å². The van der Waals surface area contributed by atoms with Gasteiger partial charge in [-0.05, 0) is 61.1 Å². The average molecular weight is 612 g/mol. The number of fused-ring (bicyclic) bond motifs is 1. The first-order chi connectivity index (χ1) is 20.6. The zero-order valence-corrected chi connectivity index (χ0v) is 25.0. The lowest BCUT2D eigenvalue weighted by molar-refractivity contribution is -0.144. The molecule has 2 aromatic carbocycles. The van der Waals surface area contributed by atoms with Crippen molar-refractivity contribution < 1.29 is 28.7 Å². The molecule has 2 aliphatic rings. The molecule has 1 fully saturated rings. The number of halogens is 1. The molecule has 4 N–H and O–H groups in total. The number of ether oxygens (including phenoxy) is 1. The van der Waals surface area contributed by atoms with E-state index in [2.05, 4.69) is 10.6 Å². The highest BCUT2D eigenvalue weighted by atomic mass is 35.5. The predicted molar refractivity (Wildman–Crippen MR) is 161 cm³/mol. The second-order valence-electron chi connectivity index (χ2n) is 10.9. The van der Waals surface area contributed by atoms with Gasteiger partial charge in [0.1, 0.15) is 12.1 Å². The van der Waals surface area contributed by atoms with Gasteiger partial charge in [0.25, 0.3) is 0 Å². The van der Waals surface area contributed by atoms with Gasteiger partial charge >= 0.3 is 6.09 Å². The van der Waals surface area contributed by atoms with Crippen LogP contribution in [0, 0.1) is 6.92 Å². The normalized spacial score (nSPS) is 16.9. The first kappa shape index (κ1) is 31.8. The number of nitrogens with one attached hydrogen (secondary N) is 2. The molecule has 0 aromatic heterocycles. The fraction of sp³-hybridized carbons (Fsp3) is 0.452. The molecule has 0 spiro atoms. The van der Waals surface area contributed by atoms with Crippen molar-refractivity contribution in [3.05, 3.63) is 64.2 Å². The number of nitrogens with two attached hydrogens (primary N) is 1. The lowest BCUT2D eigenvalue weighted by atomic mass is 9.92. The third-order valence-electron chi connectivity index (χ3n) is 7.84. The van der Waals surface area contributed by atoms with E-state index in [1.165, 1.54) is 4.90 Å². The summed E-state index contributed by atoms with van der Waals surface area (Å²) in [6, 6.07) is 10.5. The van der Waals surface area contributed by atoms with E-state index in [1.54, 1.807) is 30.0 Å². The van der Waals surface area contributed by atoms with Crippen molar-refractivity contribution >= 4 is 47.0 Å². The predicted octanol–water partition coefficient (Wildman–Crippen LogP) is 3.30. The first-order valence-electron chi connectivity index (χ1n) is 14.6. The number of nitrogens with zero attached hydrogens (tertiary/aromatic N) is 2. The van der Waals surface area contributed by atoms with Crippen molar-refractivity contribution in [3.8, 4) is 0 Å². The summed E-state index contributed by atoms with van der Waals surface area (Å²) in [7, 11) is 0. The highest BCUT2D eigenvalue weighted by molar-refractivity contribution is 6.31. The lowest BCUT2D eigenvalue weighted by Gasteiger charge is -2.37. The first-order valence-corrected chi connectivity index (χ1v) is 14.9. The Morgan fingerprint density at radius 2 is 1.70 bits per heavy atom. The van der Waals surface area contributed by atoms with Crippen LogP contribution in [0.4, 0.5) is 10.5 Å². The molecule has 0 aliphatic carbocycles. The monoisotopic (exact) mass is 611 g/mol. The number of amides is 5. The van der Waals surface area contributed by atoms with E-state index in [0.29, 0.717) is 23.8 Å². The molecule has 2 heterocycles. The largest absolute Gasteiger partial charge is 0.450 e. The Labute approximate surface area is 256 Å². The summed E-state index contributed by atoms with van der Waals surface area (Å²) in [5, 5.41) is 6.06. The van der Waals surface area contributed by atoms with E-state index in [1.807, 2.05) is 24.3 Å². The molecule has 2 aliphatic heterocycles. The molecule has 5 amide bonds. The van der Waals surface area contributed by atoms with Gasteiger partial charge in [0.05, 0.1) is 6.61 Å². The molecule has 2 atom stereocenters. The molecule has 12 heteroatoms. The quantitative estimate of drug-likeness (QED) is 0.375. The van der Waals surface area contributed by atoms with E-state index in [-0.39, 0.29) is 50.6 Å². The Morgan fingerprint density at radius 3 is 2.40 bits per heavy atom. The third kappa shape index (κ3) is 8.70. The Hall–Kier alpha value is -4.12. The number of piperidine rings is 1. The van der Waals surface area contributed by atoms with E-state index in [9.17, 15) is 24.0 Å². The number of carbonyl (C=O) groups excluding carboxylic acids is 5. The molecular weight excluding hydrogens is 574 g/mol. The maximum absolute atomic E-state index is 13.8. The number of hydrogen-bond acceptors (Lipinski definition) is 6. The van der Waals surface area contributed by atoms with Crippen LogP contribution in [0.15, 0.2) is 42.5 Å². The number of carbonyl (C=O) groups is 5. The summed E-state index contributed by atoms with van der Waals surface area (Å²) < 4.78 is 4.83. The van der Waals surface area contributed by atoms with Gasteiger partial charge in [-0.3, -0.25) is 19.2 Å². The number of benzene rings is 2. The minimum absolute atomic E-state index is 0.0203. The van der Waals surface area contributed by atoms with Gasteiger partial charge < -0.3 is 30.9 Å². The van der Waals surface area contributed by atoms with Crippen LogP contribution >= 0.6 is 11.6 Å². The second-order valence-corrected chi connectivity index (χ2v) is 11.3. The Kier molecular flexibility index (Phi) is 11.0. The number of aryl methyl sites for hydroxylation is 1. The van der Waals surface area contributed by atoms with E-state index >= 15 is 0 Å². The highest BCUT2D eigenvalue weighted by Gasteiger charge is 2.36. The van der Waals surface area contributed by atoms with E-state index in [0.717, 1.165) is 36.0 Å². The number of likely N-dealkylation sites (tertiary alicyclic amines) is 1. The summed E-state index contributed by atoms with van der Waals surface area (Å²) in [5.74, 6) is -1.44. The van der Waals surface area contributed by atoms with E-state index in [4.69, 9.17) is 22.1 Å². The molecule has 1 saturated heterocycles. The second kappa shape index (κ2) is 14.9. The van der Waals surface area contributed by atoms with Crippen LogP contribution in [-0.4, -0.2) is 71.3 Å². The van der Waals surface area contributed by atoms with Crippen molar-refractivity contribution in [3.63, 3.8) is 0 Å². The van der Waals surface area contributed by atoms with E-state index < -0.39 is 30.0 Å². The molecule has 0 saturated carbocycles. The molecule has 230 valence electrons. The fourth-order valence-electron chi connectivity index (χ4n) is 5.44. The van der Waals surface area contributed by atoms with Gasteiger partial charge in [-0.15, -0.1) is 0 Å². The molecular formula is C31H38ClN5O6. The summed E-state index contributed by atoms with van der Waals surface area (Å²) >= 11 is 6.10. The van der Waals surface area contributed by atoms with Crippen LogP contribution in [0.2, 0.25) is 5.02 Å². The Balaban J connectivity index is 1.49. The molecule has 43 heavy (non-hydrogen) atoms. The topological polar surface area (TPSA) is 151 Å².